The highest BCUT2D eigenvalue weighted by Crippen LogP contribution is 2.37. The van der Waals surface area contributed by atoms with Gasteiger partial charge in [-0.05, 0) is 49.6 Å². The SMILES string of the molecule is COc1nc(C)c2nc(-c3cncc(F)c3)n(CC3=NCC(C4=CN5CCC4CC5)C=C3)c2n1. The Morgan fingerprint density at radius 1 is 1.15 bits per heavy atom. The Hall–Kier alpha value is -3.62. The third-order valence-corrected chi connectivity index (χ3v) is 6.99. The number of halogens is 1. The number of fused-ring (bicyclic) bond motifs is 3. The third-order valence-electron chi connectivity index (χ3n) is 6.99. The molecule has 3 aromatic rings. The van der Waals surface area contributed by atoms with Crippen molar-refractivity contribution in [3.8, 4) is 17.4 Å². The molecule has 0 spiro atoms. The maximum absolute atomic E-state index is 14.0. The topological polar surface area (TPSA) is 81.3 Å². The van der Waals surface area contributed by atoms with Crippen LogP contribution in [0, 0.1) is 24.6 Å². The van der Waals surface area contributed by atoms with Crippen LogP contribution in [0.1, 0.15) is 18.5 Å². The molecule has 7 heterocycles. The summed E-state index contributed by atoms with van der Waals surface area (Å²) in [5, 5.41) is 0. The van der Waals surface area contributed by atoms with Crippen LogP contribution in [0.5, 0.6) is 6.01 Å². The molecule has 8 nitrogen and oxygen atoms in total. The summed E-state index contributed by atoms with van der Waals surface area (Å²) in [5.41, 5.74) is 4.99. The van der Waals surface area contributed by atoms with Crippen molar-refractivity contribution in [2.24, 2.45) is 16.8 Å². The van der Waals surface area contributed by atoms with E-state index in [1.807, 2.05) is 11.5 Å². The second kappa shape index (κ2) is 8.30. The number of hydrogen-bond donors (Lipinski definition) is 0. The molecular formula is C25H26FN7O. The third kappa shape index (κ3) is 3.65. The first kappa shape index (κ1) is 20.9. The fourth-order valence-electron chi connectivity index (χ4n) is 5.22. The van der Waals surface area contributed by atoms with Crippen LogP contribution in [0.2, 0.25) is 0 Å². The summed E-state index contributed by atoms with van der Waals surface area (Å²) in [5.74, 6) is 1.20. The fraction of sp³-hybridized carbons (Fsp3) is 0.400. The lowest BCUT2D eigenvalue weighted by Gasteiger charge is -2.41. The largest absolute Gasteiger partial charge is 0.467 e. The maximum Gasteiger partial charge on any atom is 0.318 e. The number of piperidine rings is 1. The molecule has 1 fully saturated rings. The Labute approximate surface area is 196 Å². The molecule has 9 heteroatoms. The molecule has 174 valence electrons. The molecule has 0 radical (unpaired) electrons. The molecule has 0 aliphatic carbocycles. The van der Waals surface area contributed by atoms with Gasteiger partial charge in [-0.25, -0.2) is 9.37 Å². The van der Waals surface area contributed by atoms with Gasteiger partial charge in [-0.2, -0.15) is 9.97 Å². The van der Waals surface area contributed by atoms with E-state index in [0.717, 1.165) is 12.3 Å². The number of methoxy groups -OCH3 is 1. The zero-order valence-corrected chi connectivity index (χ0v) is 19.3. The molecule has 4 aliphatic rings. The first-order valence-corrected chi connectivity index (χ1v) is 11.7. The maximum atomic E-state index is 14.0. The van der Waals surface area contributed by atoms with Crippen molar-refractivity contribution in [2.45, 2.75) is 26.3 Å². The van der Waals surface area contributed by atoms with Gasteiger partial charge in [0.1, 0.15) is 17.2 Å². The lowest BCUT2D eigenvalue weighted by Crippen LogP contribution is -2.38. The number of nitrogens with zero attached hydrogens (tertiary/aromatic N) is 7. The quantitative estimate of drug-likeness (QED) is 0.580. The number of aliphatic imine (C=N–C) groups is 1. The predicted octanol–water partition coefficient (Wildman–Crippen LogP) is 3.58. The molecular weight excluding hydrogens is 433 g/mol. The van der Waals surface area contributed by atoms with Crippen LogP contribution in [0.3, 0.4) is 0 Å². The highest BCUT2D eigenvalue weighted by molar-refractivity contribution is 5.97. The monoisotopic (exact) mass is 459 g/mol. The Kier molecular flexibility index (Phi) is 5.12. The fourth-order valence-corrected chi connectivity index (χ4v) is 5.22. The Morgan fingerprint density at radius 2 is 2.00 bits per heavy atom. The van der Waals surface area contributed by atoms with Crippen LogP contribution in [0.15, 0.2) is 47.4 Å². The molecule has 3 aromatic heterocycles. The van der Waals surface area contributed by atoms with Crippen molar-refractivity contribution < 1.29 is 9.13 Å². The Balaban J connectivity index is 1.35. The first-order chi connectivity index (χ1) is 16.6. The minimum Gasteiger partial charge on any atom is -0.467 e. The lowest BCUT2D eigenvalue weighted by molar-refractivity contribution is 0.220. The van der Waals surface area contributed by atoms with Crippen LogP contribution in [0.25, 0.3) is 22.6 Å². The number of pyridine rings is 1. The van der Waals surface area contributed by atoms with Gasteiger partial charge in [0.2, 0.25) is 0 Å². The molecule has 4 aliphatic heterocycles. The molecule has 0 N–H and O–H groups in total. The van der Waals surface area contributed by atoms with Crippen LogP contribution in [-0.4, -0.2) is 61.9 Å². The normalized spacial score (nSPS) is 20.1. The molecule has 0 amide bonds. The van der Waals surface area contributed by atoms with Crippen LogP contribution in [0.4, 0.5) is 4.39 Å². The molecule has 1 atom stereocenters. The summed E-state index contributed by atoms with van der Waals surface area (Å²) in [7, 11) is 1.54. The summed E-state index contributed by atoms with van der Waals surface area (Å²) in [6, 6.07) is 1.70. The van der Waals surface area contributed by atoms with E-state index in [-0.39, 0.29) is 6.01 Å². The number of imidazole rings is 1. The molecule has 7 rings (SSSR count). The van der Waals surface area contributed by atoms with Crippen LogP contribution >= 0.6 is 0 Å². The average Bonchev–Trinajstić information content (AvgIpc) is 3.24. The van der Waals surface area contributed by atoms with Gasteiger partial charge in [0.15, 0.2) is 5.65 Å². The van der Waals surface area contributed by atoms with E-state index in [1.165, 1.54) is 50.9 Å². The summed E-state index contributed by atoms with van der Waals surface area (Å²) >= 11 is 0. The molecule has 1 unspecified atom stereocenters. The van der Waals surface area contributed by atoms with Gasteiger partial charge in [0.25, 0.3) is 0 Å². The standard InChI is InChI=1S/C25H26FN7O/c1-15-22-24(31-25(29-15)34-2)33(23(30-22)18-9-19(26)12-27-10-18)13-20-4-3-17(11-28-20)21-14-32-7-5-16(21)6-8-32/h3-4,9-10,12,14,16-17H,5-8,11,13H2,1-2H3. The van der Waals surface area contributed by atoms with E-state index >= 15 is 0 Å². The zero-order valence-electron chi connectivity index (χ0n) is 19.3. The van der Waals surface area contributed by atoms with Gasteiger partial charge < -0.3 is 14.2 Å². The highest BCUT2D eigenvalue weighted by atomic mass is 19.1. The van der Waals surface area contributed by atoms with Gasteiger partial charge >= 0.3 is 6.01 Å². The van der Waals surface area contributed by atoms with Gasteiger partial charge in [-0.3, -0.25) is 9.98 Å². The van der Waals surface area contributed by atoms with Crippen molar-refractivity contribution in [3.05, 3.63) is 53.9 Å². The van der Waals surface area contributed by atoms with E-state index in [1.54, 1.807) is 6.20 Å². The van der Waals surface area contributed by atoms with Crippen molar-refractivity contribution >= 4 is 16.9 Å². The summed E-state index contributed by atoms with van der Waals surface area (Å²) in [6.45, 7) is 5.41. The van der Waals surface area contributed by atoms with Crippen molar-refractivity contribution in [3.63, 3.8) is 0 Å². The number of allylic oxidation sites excluding steroid dienone is 1. The first-order valence-electron chi connectivity index (χ1n) is 11.7. The Morgan fingerprint density at radius 3 is 2.68 bits per heavy atom. The van der Waals surface area contributed by atoms with Crippen LogP contribution in [-0.2, 0) is 6.54 Å². The number of aromatic nitrogens is 5. The van der Waals surface area contributed by atoms with Gasteiger partial charge in [-0.15, -0.1) is 0 Å². The smallest absolute Gasteiger partial charge is 0.318 e. The minimum absolute atomic E-state index is 0.269. The summed E-state index contributed by atoms with van der Waals surface area (Å²) in [4.78, 5) is 25.1. The van der Waals surface area contributed by atoms with Gasteiger partial charge in [-0.1, -0.05) is 6.08 Å². The lowest BCUT2D eigenvalue weighted by atomic mass is 9.78. The second-order valence-corrected chi connectivity index (χ2v) is 9.12. The van der Waals surface area contributed by atoms with E-state index in [9.17, 15) is 4.39 Å². The second-order valence-electron chi connectivity index (χ2n) is 9.12. The molecule has 1 saturated heterocycles. The summed E-state index contributed by atoms with van der Waals surface area (Å²) < 4.78 is 21.2. The molecule has 0 aromatic carbocycles. The van der Waals surface area contributed by atoms with Crippen molar-refractivity contribution in [1.29, 1.82) is 0 Å². The summed E-state index contributed by atoms with van der Waals surface area (Å²) in [6.07, 6.45) is 12.0. The number of dihydropyridines is 1. The zero-order chi connectivity index (χ0) is 23.2. The highest BCUT2D eigenvalue weighted by Gasteiger charge is 2.31. The number of aryl methyl sites for hydroxylation is 1. The van der Waals surface area contributed by atoms with Crippen molar-refractivity contribution in [1.82, 2.24) is 29.4 Å². The predicted molar refractivity (Wildman–Crippen MR) is 127 cm³/mol. The molecule has 34 heavy (non-hydrogen) atoms. The minimum atomic E-state index is -0.417. The number of hydrogen-bond acceptors (Lipinski definition) is 7. The number of rotatable bonds is 5. The van der Waals surface area contributed by atoms with E-state index in [4.69, 9.17) is 14.7 Å². The van der Waals surface area contributed by atoms with Gasteiger partial charge in [0, 0.05) is 37.3 Å². The molecule has 0 saturated carbocycles. The van der Waals surface area contributed by atoms with E-state index in [2.05, 4.69) is 38.2 Å². The number of ether oxygens (including phenoxy) is 1. The van der Waals surface area contributed by atoms with Crippen LogP contribution < -0.4 is 4.74 Å². The Bertz CT molecular complexity index is 1350. The van der Waals surface area contributed by atoms with Gasteiger partial charge in [0.05, 0.1) is 31.3 Å². The molecule has 2 bridgehead atoms. The van der Waals surface area contributed by atoms with Crippen molar-refractivity contribution in [2.75, 3.05) is 26.7 Å². The van der Waals surface area contributed by atoms with E-state index < -0.39 is 5.82 Å². The average molecular weight is 460 g/mol. The van der Waals surface area contributed by atoms with E-state index in [0.29, 0.717) is 46.6 Å².